The first-order chi connectivity index (χ1) is 12.0. The molecule has 2 aromatic carbocycles. The zero-order valence-electron chi connectivity index (χ0n) is 12.8. The summed E-state index contributed by atoms with van der Waals surface area (Å²) in [5, 5.41) is 0.808. The molecule has 124 valence electrons. The molecule has 1 heterocycles. The van der Waals surface area contributed by atoms with Gasteiger partial charge < -0.3 is 4.42 Å². The predicted octanol–water partition coefficient (Wildman–Crippen LogP) is 5.95. The molecule has 0 N–H and O–H groups in total. The van der Waals surface area contributed by atoms with Gasteiger partial charge in [-0.05, 0) is 22.9 Å². The van der Waals surface area contributed by atoms with Gasteiger partial charge in [0.15, 0.2) is 0 Å². The summed E-state index contributed by atoms with van der Waals surface area (Å²) in [6.07, 6.45) is -4.97. The standard InChI is InChI=1S/C20H11F3O2/c21-20(22,23)19(24)17-14-9-5-4-8-13(14)15-10-11-16(25-18(15)17)12-6-2-1-3-7-12/h1-11H. The number of rotatable bonds is 2. The Labute approximate surface area is 140 Å². The quantitative estimate of drug-likeness (QED) is 0.422. The minimum Gasteiger partial charge on any atom is -0.455 e. The lowest BCUT2D eigenvalue weighted by Gasteiger charge is -2.08. The fourth-order valence-electron chi connectivity index (χ4n) is 3.01. The largest absolute Gasteiger partial charge is 0.455 e. The second-order valence-electron chi connectivity index (χ2n) is 5.66. The molecule has 2 aliphatic rings. The van der Waals surface area contributed by atoms with Gasteiger partial charge in [0.05, 0.1) is 5.56 Å². The van der Waals surface area contributed by atoms with E-state index in [1.807, 2.05) is 6.07 Å². The van der Waals surface area contributed by atoms with Crippen molar-refractivity contribution >= 4 is 16.6 Å². The fourth-order valence-corrected chi connectivity index (χ4v) is 3.01. The highest BCUT2D eigenvalue weighted by atomic mass is 19.4. The Morgan fingerprint density at radius 1 is 0.800 bits per heavy atom. The number of carbonyl (C=O) groups excluding carboxylic acids is 1. The number of hydrogen-bond donors (Lipinski definition) is 0. The van der Waals surface area contributed by atoms with Crippen molar-refractivity contribution in [2.24, 2.45) is 0 Å². The van der Waals surface area contributed by atoms with Gasteiger partial charge in [0, 0.05) is 11.1 Å². The van der Waals surface area contributed by atoms with E-state index in [1.54, 1.807) is 54.6 Å². The third-order valence-electron chi connectivity index (χ3n) is 4.11. The molecular weight excluding hydrogens is 329 g/mol. The maximum absolute atomic E-state index is 13.1. The molecule has 1 aliphatic heterocycles. The van der Waals surface area contributed by atoms with E-state index < -0.39 is 17.5 Å². The third-order valence-corrected chi connectivity index (χ3v) is 4.11. The van der Waals surface area contributed by atoms with Gasteiger partial charge in [-0.3, -0.25) is 4.79 Å². The normalized spacial score (nSPS) is 12.0. The molecule has 25 heavy (non-hydrogen) atoms. The molecule has 0 bridgehead atoms. The van der Waals surface area contributed by atoms with E-state index in [1.165, 1.54) is 6.07 Å². The van der Waals surface area contributed by atoms with Gasteiger partial charge in [-0.1, -0.05) is 54.6 Å². The molecule has 0 amide bonds. The van der Waals surface area contributed by atoms with Crippen LogP contribution in [0.2, 0.25) is 0 Å². The van der Waals surface area contributed by atoms with E-state index >= 15 is 0 Å². The van der Waals surface area contributed by atoms with Gasteiger partial charge in [0.1, 0.15) is 11.5 Å². The average molecular weight is 340 g/mol. The van der Waals surface area contributed by atoms with E-state index in [0.717, 1.165) is 5.56 Å². The number of halogens is 3. The molecular formula is C20H11F3O2. The molecule has 0 unspecified atom stereocenters. The maximum Gasteiger partial charge on any atom is 0.455 e. The van der Waals surface area contributed by atoms with Crippen LogP contribution in [0.5, 0.6) is 0 Å². The Morgan fingerprint density at radius 2 is 1.44 bits per heavy atom. The molecule has 0 spiro atoms. The summed E-state index contributed by atoms with van der Waals surface area (Å²) in [5.41, 5.74) is 0.777. The van der Waals surface area contributed by atoms with Gasteiger partial charge in [-0.25, -0.2) is 0 Å². The van der Waals surface area contributed by atoms with E-state index in [9.17, 15) is 18.0 Å². The van der Waals surface area contributed by atoms with Crippen molar-refractivity contribution in [2.75, 3.05) is 0 Å². The molecule has 0 radical (unpaired) electrons. The monoisotopic (exact) mass is 340 g/mol. The molecule has 0 saturated carbocycles. The Balaban J connectivity index is 2.05. The van der Waals surface area contributed by atoms with Crippen LogP contribution in [0.3, 0.4) is 0 Å². The molecule has 0 fully saturated rings. The van der Waals surface area contributed by atoms with Crippen molar-refractivity contribution in [2.45, 2.75) is 6.18 Å². The first kappa shape index (κ1) is 15.4. The Bertz CT molecular complexity index is 1050. The van der Waals surface area contributed by atoms with Crippen molar-refractivity contribution in [3.63, 3.8) is 0 Å². The number of ketones is 1. The molecule has 4 rings (SSSR count). The van der Waals surface area contributed by atoms with Crippen LogP contribution in [-0.2, 0) is 0 Å². The molecule has 0 saturated heterocycles. The first-order valence-corrected chi connectivity index (χ1v) is 7.58. The Morgan fingerprint density at radius 3 is 2.12 bits per heavy atom. The van der Waals surface area contributed by atoms with Crippen molar-refractivity contribution in [1.29, 1.82) is 0 Å². The summed E-state index contributed by atoms with van der Waals surface area (Å²) in [5.74, 6) is -1.53. The highest BCUT2D eigenvalue weighted by Crippen LogP contribution is 2.43. The van der Waals surface area contributed by atoms with Crippen LogP contribution in [-0.4, -0.2) is 12.0 Å². The van der Waals surface area contributed by atoms with Crippen molar-refractivity contribution < 1.29 is 22.4 Å². The van der Waals surface area contributed by atoms with Gasteiger partial charge in [-0.15, -0.1) is 0 Å². The topological polar surface area (TPSA) is 30.2 Å². The van der Waals surface area contributed by atoms with Crippen LogP contribution in [0.4, 0.5) is 13.2 Å². The lowest BCUT2D eigenvalue weighted by molar-refractivity contribution is -0.0884. The predicted molar refractivity (Wildman–Crippen MR) is 88.7 cm³/mol. The molecule has 0 atom stereocenters. The van der Waals surface area contributed by atoms with Crippen LogP contribution in [0.15, 0.2) is 71.1 Å². The first-order valence-electron chi connectivity index (χ1n) is 7.58. The number of alkyl halides is 3. The smallest absolute Gasteiger partial charge is 0.455 e. The SMILES string of the molecule is O=C(c1c2oc(-c3ccccc3)ccc-2c2ccccc12)C(F)(F)F. The van der Waals surface area contributed by atoms with Crippen molar-refractivity contribution in [3.8, 4) is 22.6 Å². The van der Waals surface area contributed by atoms with Crippen LogP contribution in [0, 0.1) is 0 Å². The summed E-state index contributed by atoms with van der Waals surface area (Å²) < 4.78 is 45.1. The lowest BCUT2D eigenvalue weighted by Crippen LogP contribution is -2.22. The van der Waals surface area contributed by atoms with Crippen LogP contribution in [0.1, 0.15) is 10.4 Å². The van der Waals surface area contributed by atoms with E-state index in [4.69, 9.17) is 4.42 Å². The summed E-state index contributed by atoms with van der Waals surface area (Å²) >= 11 is 0. The van der Waals surface area contributed by atoms with E-state index in [0.29, 0.717) is 16.7 Å². The van der Waals surface area contributed by atoms with Crippen LogP contribution >= 0.6 is 0 Å². The molecule has 5 heteroatoms. The third kappa shape index (κ3) is 2.48. The minimum atomic E-state index is -4.97. The highest BCUT2D eigenvalue weighted by Gasteiger charge is 2.43. The average Bonchev–Trinajstić information content (AvgIpc) is 2.94. The second kappa shape index (κ2) is 5.48. The number of fused-ring (bicyclic) bond motifs is 3. The van der Waals surface area contributed by atoms with Crippen LogP contribution < -0.4 is 0 Å². The van der Waals surface area contributed by atoms with Gasteiger partial charge >= 0.3 is 6.18 Å². The van der Waals surface area contributed by atoms with E-state index in [-0.39, 0.29) is 11.1 Å². The maximum atomic E-state index is 13.1. The summed E-state index contributed by atoms with van der Waals surface area (Å²) in [6, 6.07) is 18.9. The van der Waals surface area contributed by atoms with Crippen molar-refractivity contribution in [1.82, 2.24) is 0 Å². The van der Waals surface area contributed by atoms with Gasteiger partial charge in [-0.2, -0.15) is 13.2 Å². The van der Waals surface area contributed by atoms with Crippen molar-refractivity contribution in [3.05, 3.63) is 72.3 Å². The molecule has 2 nitrogen and oxygen atoms in total. The lowest BCUT2D eigenvalue weighted by atomic mass is 10.1. The Kier molecular flexibility index (Phi) is 3.39. The summed E-state index contributed by atoms with van der Waals surface area (Å²) in [6.45, 7) is 0. The summed E-state index contributed by atoms with van der Waals surface area (Å²) in [4.78, 5) is 12.0. The molecule has 1 aliphatic carbocycles. The molecule has 0 aromatic heterocycles. The minimum absolute atomic E-state index is 0.0371. The zero-order valence-corrected chi connectivity index (χ0v) is 12.8. The highest BCUT2D eigenvalue weighted by molar-refractivity contribution is 6.20. The number of benzene rings is 2. The fraction of sp³-hybridized carbons (Fsp3) is 0.0500. The molecule has 2 aromatic rings. The van der Waals surface area contributed by atoms with E-state index in [2.05, 4.69) is 0 Å². The number of carbonyl (C=O) groups is 1. The zero-order chi connectivity index (χ0) is 17.6. The second-order valence-corrected chi connectivity index (χ2v) is 5.66. The number of Topliss-reactive ketones (excluding diaryl/α,β-unsaturated/α-hetero) is 1. The Hall–Kier alpha value is -3.08. The van der Waals surface area contributed by atoms with Gasteiger partial charge in [0.2, 0.25) is 0 Å². The summed E-state index contributed by atoms with van der Waals surface area (Å²) in [7, 11) is 0. The van der Waals surface area contributed by atoms with Gasteiger partial charge in [0.25, 0.3) is 5.78 Å². The van der Waals surface area contributed by atoms with Crippen LogP contribution in [0.25, 0.3) is 33.4 Å². The number of hydrogen-bond acceptors (Lipinski definition) is 2.